The van der Waals surface area contributed by atoms with Crippen molar-refractivity contribution in [1.82, 2.24) is 4.98 Å². The van der Waals surface area contributed by atoms with E-state index >= 15 is 0 Å². The van der Waals surface area contributed by atoms with Crippen molar-refractivity contribution >= 4 is 38.3 Å². The van der Waals surface area contributed by atoms with Crippen molar-refractivity contribution in [2.45, 2.75) is 6.04 Å². The molecule has 0 bridgehead atoms. The van der Waals surface area contributed by atoms with Crippen molar-refractivity contribution in [2.24, 2.45) is 5.73 Å². The summed E-state index contributed by atoms with van der Waals surface area (Å²) in [5, 5.41) is 2.82. The fourth-order valence-electron chi connectivity index (χ4n) is 2.32. The Labute approximate surface area is 130 Å². The van der Waals surface area contributed by atoms with Gasteiger partial charge in [-0.1, -0.05) is 48.0 Å². The molecule has 4 heteroatoms. The summed E-state index contributed by atoms with van der Waals surface area (Å²) in [6.45, 7) is 0. The molecule has 100 valence electrons. The van der Waals surface area contributed by atoms with E-state index in [2.05, 4.69) is 27.0 Å². The van der Waals surface area contributed by atoms with E-state index in [0.717, 1.165) is 26.4 Å². The number of nitrogens with two attached hydrogens (primary N) is 1. The van der Waals surface area contributed by atoms with Crippen LogP contribution in [0, 0.1) is 0 Å². The fourth-order valence-corrected chi connectivity index (χ4v) is 2.94. The van der Waals surface area contributed by atoms with Gasteiger partial charge in [0.05, 0.1) is 11.1 Å². The summed E-state index contributed by atoms with van der Waals surface area (Å²) in [7, 11) is 0. The highest BCUT2D eigenvalue weighted by molar-refractivity contribution is 9.10. The van der Waals surface area contributed by atoms with Gasteiger partial charge in [-0.15, -0.1) is 0 Å². The van der Waals surface area contributed by atoms with Gasteiger partial charge in [0, 0.05) is 22.3 Å². The zero-order valence-corrected chi connectivity index (χ0v) is 12.9. The van der Waals surface area contributed by atoms with Gasteiger partial charge in [0.25, 0.3) is 0 Å². The second-order valence-corrected chi connectivity index (χ2v) is 5.80. The second kappa shape index (κ2) is 5.52. The van der Waals surface area contributed by atoms with E-state index in [1.54, 1.807) is 0 Å². The number of nitrogens with zero attached hydrogens (tertiary/aromatic N) is 1. The lowest BCUT2D eigenvalue weighted by molar-refractivity contribution is 0.873. The number of pyridine rings is 1. The van der Waals surface area contributed by atoms with Gasteiger partial charge in [0.1, 0.15) is 0 Å². The highest BCUT2D eigenvalue weighted by Gasteiger charge is 2.16. The average molecular weight is 348 g/mol. The molecule has 2 aromatic carbocycles. The molecule has 20 heavy (non-hydrogen) atoms. The molecular formula is C16H12BrClN2. The van der Waals surface area contributed by atoms with Crippen molar-refractivity contribution in [3.8, 4) is 0 Å². The molecule has 0 amide bonds. The summed E-state index contributed by atoms with van der Waals surface area (Å²) < 4.78 is 0.848. The molecule has 1 unspecified atom stereocenters. The van der Waals surface area contributed by atoms with Crippen LogP contribution in [-0.4, -0.2) is 4.98 Å². The maximum Gasteiger partial charge on any atom is 0.0599 e. The average Bonchev–Trinajstić information content (AvgIpc) is 2.49. The molecule has 0 aliphatic heterocycles. The summed E-state index contributed by atoms with van der Waals surface area (Å²) in [5.74, 6) is 0. The molecular weight excluding hydrogens is 336 g/mol. The lowest BCUT2D eigenvalue weighted by atomic mass is 9.96. The van der Waals surface area contributed by atoms with Gasteiger partial charge >= 0.3 is 0 Å². The molecule has 0 aliphatic carbocycles. The normalized spacial score (nSPS) is 12.6. The third-order valence-corrected chi connectivity index (χ3v) is 4.66. The van der Waals surface area contributed by atoms with Gasteiger partial charge in [-0.3, -0.25) is 4.98 Å². The van der Waals surface area contributed by atoms with Crippen LogP contribution in [0.2, 0.25) is 5.02 Å². The van der Waals surface area contributed by atoms with E-state index in [1.807, 2.05) is 48.8 Å². The van der Waals surface area contributed by atoms with Crippen LogP contribution in [0.4, 0.5) is 0 Å². The third-order valence-electron chi connectivity index (χ3n) is 3.35. The van der Waals surface area contributed by atoms with Crippen LogP contribution in [0.5, 0.6) is 0 Å². The van der Waals surface area contributed by atoms with Gasteiger partial charge in [-0.05, 0) is 38.5 Å². The molecule has 1 atom stereocenters. The zero-order chi connectivity index (χ0) is 14.1. The molecule has 0 aliphatic rings. The number of hydrogen-bond donors (Lipinski definition) is 1. The van der Waals surface area contributed by atoms with Crippen molar-refractivity contribution in [2.75, 3.05) is 0 Å². The first-order valence-electron chi connectivity index (χ1n) is 6.20. The van der Waals surface area contributed by atoms with Gasteiger partial charge in [-0.25, -0.2) is 0 Å². The number of rotatable bonds is 2. The van der Waals surface area contributed by atoms with Crippen molar-refractivity contribution in [3.63, 3.8) is 0 Å². The SMILES string of the molecule is NC(c1cccc(Br)c1Cl)c1cncc2ccccc12. The smallest absolute Gasteiger partial charge is 0.0599 e. The molecule has 0 spiro atoms. The van der Waals surface area contributed by atoms with Crippen LogP contribution >= 0.6 is 27.5 Å². The Kier molecular flexibility index (Phi) is 3.74. The lowest BCUT2D eigenvalue weighted by Crippen LogP contribution is -2.13. The van der Waals surface area contributed by atoms with Crippen molar-refractivity contribution in [1.29, 1.82) is 0 Å². The van der Waals surface area contributed by atoms with E-state index < -0.39 is 0 Å². The predicted molar refractivity (Wildman–Crippen MR) is 86.9 cm³/mol. The number of benzene rings is 2. The maximum absolute atomic E-state index is 6.41. The Balaban J connectivity index is 2.18. The topological polar surface area (TPSA) is 38.9 Å². The van der Waals surface area contributed by atoms with Crippen molar-refractivity contribution in [3.05, 3.63) is 75.5 Å². The van der Waals surface area contributed by atoms with Crippen LogP contribution in [-0.2, 0) is 0 Å². The Morgan fingerprint density at radius 1 is 1.00 bits per heavy atom. The largest absolute Gasteiger partial charge is 0.320 e. The first kappa shape index (κ1) is 13.6. The highest BCUT2D eigenvalue weighted by Crippen LogP contribution is 2.34. The van der Waals surface area contributed by atoms with Gasteiger partial charge in [-0.2, -0.15) is 0 Å². The number of fused-ring (bicyclic) bond motifs is 1. The van der Waals surface area contributed by atoms with E-state index in [4.69, 9.17) is 17.3 Å². The molecule has 3 rings (SSSR count). The summed E-state index contributed by atoms with van der Waals surface area (Å²) in [6, 6.07) is 13.5. The summed E-state index contributed by atoms with van der Waals surface area (Å²) in [5.41, 5.74) is 8.27. The molecule has 1 aromatic heterocycles. The Morgan fingerprint density at radius 2 is 1.80 bits per heavy atom. The molecule has 0 saturated heterocycles. The minimum absolute atomic E-state index is 0.307. The van der Waals surface area contributed by atoms with Crippen LogP contribution in [0.1, 0.15) is 17.2 Å². The lowest BCUT2D eigenvalue weighted by Gasteiger charge is -2.16. The van der Waals surface area contributed by atoms with Crippen molar-refractivity contribution < 1.29 is 0 Å². The van der Waals surface area contributed by atoms with E-state index in [-0.39, 0.29) is 6.04 Å². The van der Waals surface area contributed by atoms with Crippen LogP contribution in [0.3, 0.4) is 0 Å². The number of aromatic nitrogens is 1. The maximum atomic E-state index is 6.41. The van der Waals surface area contributed by atoms with Crippen LogP contribution in [0.25, 0.3) is 10.8 Å². The van der Waals surface area contributed by atoms with Crippen LogP contribution < -0.4 is 5.73 Å². The zero-order valence-electron chi connectivity index (χ0n) is 10.6. The minimum Gasteiger partial charge on any atom is -0.320 e. The first-order valence-corrected chi connectivity index (χ1v) is 7.37. The Hall–Kier alpha value is -1.42. The van der Waals surface area contributed by atoms with E-state index in [9.17, 15) is 0 Å². The van der Waals surface area contributed by atoms with Gasteiger partial charge < -0.3 is 5.73 Å². The van der Waals surface area contributed by atoms with E-state index in [1.165, 1.54) is 0 Å². The van der Waals surface area contributed by atoms with E-state index in [0.29, 0.717) is 5.02 Å². The first-order chi connectivity index (χ1) is 9.68. The minimum atomic E-state index is -0.307. The molecule has 0 radical (unpaired) electrons. The third kappa shape index (κ3) is 2.33. The standard InChI is InChI=1S/C16H12BrClN2/c17-14-7-3-6-12(15(14)18)16(19)13-9-20-8-10-4-1-2-5-11(10)13/h1-9,16H,19H2. The second-order valence-electron chi connectivity index (χ2n) is 4.57. The van der Waals surface area contributed by atoms with Crippen LogP contribution in [0.15, 0.2) is 59.3 Å². The molecule has 2 N–H and O–H groups in total. The summed E-state index contributed by atoms with van der Waals surface area (Å²) in [4.78, 5) is 4.28. The Morgan fingerprint density at radius 3 is 2.65 bits per heavy atom. The molecule has 3 aromatic rings. The fraction of sp³-hybridized carbons (Fsp3) is 0.0625. The molecule has 0 fully saturated rings. The molecule has 0 saturated carbocycles. The summed E-state index contributed by atoms with van der Waals surface area (Å²) >= 11 is 9.78. The quantitative estimate of drug-likeness (QED) is 0.730. The summed E-state index contributed by atoms with van der Waals surface area (Å²) in [6.07, 6.45) is 3.65. The van der Waals surface area contributed by atoms with Gasteiger partial charge in [0.2, 0.25) is 0 Å². The monoisotopic (exact) mass is 346 g/mol. The number of hydrogen-bond acceptors (Lipinski definition) is 2. The molecule has 1 heterocycles. The predicted octanol–water partition coefficient (Wildman–Crippen LogP) is 4.70. The van der Waals surface area contributed by atoms with Gasteiger partial charge in [0.15, 0.2) is 0 Å². The number of halogens is 2. The molecule has 2 nitrogen and oxygen atoms in total. The highest BCUT2D eigenvalue weighted by atomic mass is 79.9. The Bertz CT molecular complexity index is 768.